The van der Waals surface area contributed by atoms with Gasteiger partial charge in [-0.2, -0.15) is 0 Å². The normalized spacial score (nSPS) is 10.2. The van der Waals surface area contributed by atoms with E-state index in [0.717, 1.165) is 0 Å². The van der Waals surface area contributed by atoms with Crippen molar-refractivity contribution in [3.63, 3.8) is 0 Å². The third-order valence-corrected chi connectivity index (χ3v) is 3.54. The van der Waals surface area contributed by atoms with E-state index >= 15 is 0 Å². The number of carbonyl (C=O) groups is 2. The first-order chi connectivity index (χ1) is 10.0. The molecule has 0 amide bonds. The molecule has 0 atom stereocenters. The smallest absolute Gasteiger partial charge is 0.201 e. The number of halogens is 3. The first kappa shape index (κ1) is 15.8. The molecule has 0 N–H and O–H groups in total. The lowest BCUT2D eigenvalue weighted by atomic mass is 10.1. The summed E-state index contributed by atoms with van der Waals surface area (Å²) in [5.41, 5.74) is 0.710. The fraction of sp³-hybridized carbons (Fsp3) is 0.0667. The zero-order valence-corrected chi connectivity index (χ0v) is 12.9. The molecule has 0 fully saturated rings. The minimum Gasteiger partial charge on any atom is -0.484 e. The van der Waals surface area contributed by atoms with Gasteiger partial charge in [0.2, 0.25) is 5.78 Å². The summed E-state index contributed by atoms with van der Waals surface area (Å²) in [6.45, 7) is -0.236. The molecule has 0 aliphatic heterocycles. The lowest BCUT2D eigenvalue weighted by molar-refractivity contribution is 0.0921. The summed E-state index contributed by atoms with van der Waals surface area (Å²) in [6.07, 6.45) is 0.673. The maximum Gasteiger partial charge on any atom is 0.201 e. The largest absolute Gasteiger partial charge is 0.484 e. The van der Waals surface area contributed by atoms with Crippen LogP contribution in [0.5, 0.6) is 5.75 Å². The van der Waals surface area contributed by atoms with Gasteiger partial charge in [-0.3, -0.25) is 9.59 Å². The molecule has 0 aliphatic rings. The van der Waals surface area contributed by atoms with Gasteiger partial charge in [-0.05, 0) is 36.4 Å². The Bertz CT molecular complexity index is 699. The van der Waals surface area contributed by atoms with Gasteiger partial charge in [-0.15, -0.1) is 0 Å². The Morgan fingerprint density at radius 2 is 1.81 bits per heavy atom. The molecule has 2 aromatic rings. The third-order valence-electron chi connectivity index (χ3n) is 2.68. The monoisotopic (exact) mass is 342 g/mol. The van der Waals surface area contributed by atoms with Crippen molar-refractivity contribution in [1.29, 1.82) is 0 Å². The quantitative estimate of drug-likeness (QED) is 0.583. The van der Waals surface area contributed by atoms with E-state index in [1.54, 1.807) is 18.2 Å². The van der Waals surface area contributed by atoms with E-state index in [-0.39, 0.29) is 23.0 Å². The molecule has 2 aromatic carbocycles. The van der Waals surface area contributed by atoms with E-state index in [1.807, 2.05) is 0 Å². The molecule has 2 rings (SSSR count). The Hall–Kier alpha value is -1.55. The van der Waals surface area contributed by atoms with Gasteiger partial charge in [0.15, 0.2) is 6.61 Å². The number of carbonyl (C=O) groups excluding carboxylic acids is 2. The summed E-state index contributed by atoms with van der Waals surface area (Å²) in [6, 6.07) is 9.15. The molecule has 0 aliphatic carbocycles. The fourth-order valence-corrected chi connectivity index (χ4v) is 2.28. The topological polar surface area (TPSA) is 43.4 Å². The Balaban J connectivity index is 2.11. The molecule has 21 heavy (non-hydrogen) atoms. The van der Waals surface area contributed by atoms with E-state index < -0.39 is 0 Å². The van der Waals surface area contributed by atoms with Gasteiger partial charge in [0.25, 0.3) is 0 Å². The number of aldehydes is 1. The maximum atomic E-state index is 12.1. The number of hydrogen-bond donors (Lipinski definition) is 0. The molecule has 0 radical (unpaired) electrons. The summed E-state index contributed by atoms with van der Waals surface area (Å²) in [5, 5.41) is 0.969. The number of ether oxygens (including phenoxy) is 1. The van der Waals surface area contributed by atoms with Gasteiger partial charge in [0, 0.05) is 16.1 Å². The second-order valence-corrected chi connectivity index (χ2v) is 5.39. The van der Waals surface area contributed by atoms with Gasteiger partial charge in [0.05, 0.1) is 10.0 Å². The molecular weight excluding hydrogens is 335 g/mol. The highest BCUT2D eigenvalue weighted by atomic mass is 35.5. The fourth-order valence-electron chi connectivity index (χ4n) is 1.64. The highest BCUT2D eigenvalue weighted by molar-refractivity contribution is 6.36. The average Bonchev–Trinajstić information content (AvgIpc) is 2.48. The first-order valence-electron chi connectivity index (χ1n) is 5.87. The van der Waals surface area contributed by atoms with Crippen LogP contribution in [0.2, 0.25) is 15.1 Å². The molecule has 0 heterocycles. The maximum absolute atomic E-state index is 12.1. The van der Waals surface area contributed by atoms with Crippen LogP contribution in [0.4, 0.5) is 0 Å². The predicted octanol–water partition coefficient (Wildman–Crippen LogP) is 4.72. The lowest BCUT2D eigenvalue weighted by Gasteiger charge is -2.09. The van der Waals surface area contributed by atoms with E-state index in [0.29, 0.717) is 27.6 Å². The predicted molar refractivity (Wildman–Crippen MR) is 83.1 cm³/mol. The molecule has 0 bridgehead atoms. The van der Waals surface area contributed by atoms with Crippen LogP contribution in [0.15, 0.2) is 36.4 Å². The van der Waals surface area contributed by atoms with Crippen LogP contribution in [0.1, 0.15) is 20.7 Å². The van der Waals surface area contributed by atoms with Crippen LogP contribution in [0, 0.1) is 0 Å². The second-order valence-electron chi connectivity index (χ2n) is 4.14. The average molecular weight is 344 g/mol. The van der Waals surface area contributed by atoms with Crippen molar-refractivity contribution in [3.05, 3.63) is 62.6 Å². The summed E-state index contributed by atoms with van der Waals surface area (Å²) in [4.78, 5) is 22.7. The zero-order chi connectivity index (χ0) is 15.4. The molecule has 0 saturated carbocycles. The van der Waals surface area contributed by atoms with E-state index in [2.05, 4.69) is 0 Å². The van der Waals surface area contributed by atoms with Crippen LogP contribution in [0.3, 0.4) is 0 Å². The number of ketones is 1. The molecular formula is C15H9Cl3O3. The molecule has 108 valence electrons. The van der Waals surface area contributed by atoms with Gasteiger partial charge < -0.3 is 4.74 Å². The lowest BCUT2D eigenvalue weighted by Crippen LogP contribution is -2.12. The van der Waals surface area contributed by atoms with Crippen molar-refractivity contribution >= 4 is 46.9 Å². The van der Waals surface area contributed by atoms with Crippen molar-refractivity contribution in [2.24, 2.45) is 0 Å². The highest BCUT2D eigenvalue weighted by Crippen LogP contribution is 2.26. The van der Waals surface area contributed by atoms with Crippen LogP contribution in [-0.2, 0) is 0 Å². The minimum absolute atomic E-state index is 0.236. The summed E-state index contributed by atoms with van der Waals surface area (Å²) < 4.78 is 5.35. The zero-order valence-electron chi connectivity index (χ0n) is 10.6. The van der Waals surface area contributed by atoms with Crippen molar-refractivity contribution in [1.82, 2.24) is 0 Å². The third kappa shape index (κ3) is 3.97. The number of hydrogen-bond acceptors (Lipinski definition) is 3. The molecule has 0 saturated heterocycles. The Morgan fingerprint density at radius 1 is 1.05 bits per heavy atom. The Morgan fingerprint density at radius 3 is 2.48 bits per heavy atom. The first-order valence-corrected chi connectivity index (χ1v) is 7.00. The standard InChI is InChI=1S/C15H9Cl3O3/c16-10-2-3-12(17)11(6-10)14(20)8-21-15-4-1-9(7-19)5-13(15)18/h1-7H,8H2. The van der Waals surface area contributed by atoms with Crippen molar-refractivity contribution < 1.29 is 14.3 Å². The Labute approximate surface area is 136 Å². The molecule has 6 heteroatoms. The van der Waals surface area contributed by atoms with Gasteiger partial charge >= 0.3 is 0 Å². The Kier molecular flexibility index (Phi) is 5.23. The molecule has 0 unspecified atom stereocenters. The minimum atomic E-state index is -0.321. The van der Waals surface area contributed by atoms with Gasteiger partial charge in [-0.25, -0.2) is 0 Å². The molecule has 3 nitrogen and oxygen atoms in total. The number of benzene rings is 2. The van der Waals surface area contributed by atoms with Crippen LogP contribution < -0.4 is 4.74 Å². The van der Waals surface area contributed by atoms with E-state index in [1.165, 1.54) is 18.2 Å². The van der Waals surface area contributed by atoms with Gasteiger partial charge in [-0.1, -0.05) is 34.8 Å². The number of rotatable bonds is 5. The van der Waals surface area contributed by atoms with E-state index in [9.17, 15) is 9.59 Å². The van der Waals surface area contributed by atoms with Crippen LogP contribution >= 0.6 is 34.8 Å². The van der Waals surface area contributed by atoms with E-state index in [4.69, 9.17) is 39.5 Å². The van der Waals surface area contributed by atoms with Crippen LogP contribution in [0.25, 0.3) is 0 Å². The summed E-state index contributed by atoms with van der Waals surface area (Å²) in [5.74, 6) is -0.00759. The number of Topliss-reactive ketones (excluding diaryl/α,β-unsaturated/α-hetero) is 1. The van der Waals surface area contributed by atoms with Crippen molar-refractivity contribution in [2.45, 2.75) is 0 Å². The molecule has 0 spiro atoms. The highest BCUT2D eigenvalue weighted by Gasteiger charge is 2.13. The van der Waals surface area contributed by atoms with Crippen molar-refractivity contribution in [3.8, 4) is 5.75 Å². The van der Waals surface area contributed by atoms with Gasteiger partial charge in [0.1, 0.15) is 12.0 Å². The molecule has 0 aromatic heterocycles. The summed E-state index contributed by atoms with van der Waals surface area (Å²) >= 11 is 17.7. The SMILES string of the molecule is O=Cc1ccc(OCC(=O)c2cc(Cl)ccc2Cl)c(Cl)c1. The second kappa shape index (κ2) is 6.94. The summed E-state index contributed by atoms with van der Waals surface area (Å²) in [7, 11) is 0. The van der Waals surface area contributed by atoms with Crippen LogP contribution in [-0.4, -0.2) is 18.7 Å². The van der Waals surface area contributed by atoms with Crippen molar-refractivity contribution in [2.75, 3.05) is 6.61 Å².